The summed E-state index contributed by atoms with van der Waals surface area (Å²) in [5.41, 5.74) is 7.85. The lowest BCUT2D eigenvalue weighted by Crippen LogP contribution is -2.47. The Morgan fingerprint density at radius 2 is 1.91 bits per heavy atom. The van der Waals surface area contributed by atoms with Gasteiger partial charge in [-0.1, -0.05) is 17.7 Å². The van der Waals surface area contributed by atoms with Crippen molar-refractivity contribution in [3.05, 3.63) is 58.5 Å². The van der Waals surface area contributed by atoms with Crippen LogP contribution in [-0.2, 0) is 6.54 Å². The lowest BCUT2D eigenvalue weighted by molar-refractivity contribution is 0.0656. The average Bonchev–Trinajstić information content (AvgIpc) is 3.47. The molecule has 0 aliphatic carbocycles. The van der Waals surface area contributed by atoms with Crippen molar-refractivity contribution in [1.82, 2.24) is 29.4 Å². The van der Waals surface area contributed by atoms with Gasteiger partial charge in [0.15, 0.2) is 5.69 Å². The third-order valence-corrected chi connectivity index (χ3v) is 6.21. The summed E-state index contributed by atoms with van der Waals surface area (Å²) in [6.07, 6.45) is 1.81. The maximum atomic E-state index is 12.9. The first kappa shape index (κ1) is 23.5. The fraction of sp³-hybridized carbons (Fsp3) is 0.348. The van der Waals surface area contributed by atoms with Crippen molar-refractivity contribution in [2.45, 2.75) is 19.5 Å². The molecule has 1 atom stereocenters. The Bertz CT molecular complexity index is 1270. The molecule has 1 saturated heterocycles. The molecule has 1 aliphatic heterocycles. The van der Waals surface area contributed by atoms with Gasteiger partial charge in [0, 0.05) is 44.0 Å². The highest BCUT2D eigenvalue weighted by molar-refractivity contribution is 6.32. The molecule has 3 heterocycles. The average molecular weight is 481 g/mol. The molecule has 34 heavy (non-hydrogen) atoms. The number of nitriles is 1. The first-order valence-electron chi connectivity index (χ1n) is 10.9. The summed E-state index contributed by atoms with van der Waals surface area (Å²) >= 11 is 6.14. The van der Waals surface area contributed by atoms with Gasteiger partial charge in [0.05, 0.1) is 28.9 Å². The van der Waals surface area contributed by atoms with E-state index in [9.17, 15) is 9.59 Å². The number of primary amides is 1. The van der Waals surface area contributed by atoms with Crippen molar-refractivity contribution < 1.29 is 9.59 Å². The predicted molar refractivity (Wildman–Crippen MR) is 126 cm³/mol. The number of benzene rings is 1. The van der Waals surface area contributed by atoms with Crippen LogP contribution in [0.15, 0.2) is 36.5 Å². The third-order valence-electron chi connectivity index (χ3n) is 5.89. The van der Waals surface area contributed by atoms with Gasteiger partial charge >= 0.3 is 0 Å². The molecule has 3 aromatic rings. The summed E-state index contributed by atoms with van der Waals surface area (Å²) in [6.45, 7) is 5.07. The number of piperazine rings is 1. The van der Waals surface area contributed by atoms with Gasteiger partial charge in [-0.2, -0.15) is 15.5 Å². The Kier molecular flexibility index (Phi) is 6.68. The standard InChI is InChI=1S/C23H25ClN8O2/c1-15(14-31-6-5-19(27-31)16-3-4-17(13-25)18(24)11-16)32-21(22(26)33)12-20(28-32)23(34)30-9-7-29(2)8-10-30/h3-6,11-12,15H,7-10,14H2,1-2H3,(H2,26,33)/t15-/m0/s1. The zero-order valence-corrected chi connectivity index (χ0v) is 19.7. The molecular formula is C23H25ClN8O2. The van der Waals surface area contributed by atoms with Crippen LogP contribution in [0.1, 0.15) is 39.5 Å². The Morgan fingerprint density at radius 1 is 1.18 bits per heavy atom. The maximum Gasteiger partial charge on any atom is 0.274 e. The van der Waals surface area contributed by atoms with Crippen molar-refractivity contribution in [2.24, 2.45) is 5.73 Å². The Hall–Kier alpha value is -3.68. The van der Waals surface area contributed by atoms with Crippen LogP contribution < -0.4 is 5.73 Å². The molecule has 0 unspecified atom stereocenters. The number of nitrogens with two attached hydrogens (primary N) is 1. The second kappa shape index (κ2) is 9.67. The minimum Gasteiger partial charge on any atom is -0.364 e. The molecule has 10 nitrogen and oxygen atoms in total. The number of hydrogen-bond donors (Lipinski definition) is 1. The second-order valence-corrected chi connectivity index (χ2v) is 8.80. The summed E-state index contributed by atoms with van der Waals surface area (Å²) < 4.78 is 3.21. The normalized spacial score (nSPS) is 15.2. The molecule has 11 heteroatoms. The number of amides is 2. The van der Waals surface area contributed by atoms with Gasteiger partial charge in [0.25, 0.3) is 11.8 Å². The minimum absolute atomic E-state index is 0.177. The molecule has 2 amide bonds. The molecule has 1 aliphatic rings. The van der Waals surface area contributed by atoms with Gasteiger partial charge in [0.2, 0.25) is 0 Å². The van der Waals surface area contributed by atoms with Crippen molar-refractivity contribution >= 4 is 23.4 Å². The van der Waals surface area contributed by atoms with Crippen LogP contribution in [0, 0.1) is 11.3 Å². The molecule has 176 valence electrons. The lowest BCUT2D eigenvalue weighted by Gasteiger charge is -2.31. The van der Waals surface area contributed by atoms with Gasteiger partial charge in [-0.3, -0.25) is 19.0 Å². The number of carbonyl (C=O) groups excluding carboxylic acids is 2. The number of hydrogen-bond acceptors (Lipinski definition) is 6. The van der Waals surface area contributed by atoms with Crippen molar-refractivity contribution in [3.8, 4) is 17.3 Å². The summed E-state index contributed by atoms with van der Waals surface area (Å²) in [6, 6.07) is 10.2. The van der Waals surface area contributed by atoms with Crippen molar-refractivity contribution in [3.63, 3.8) is 0 Å². The van der Waals surface area contributed by atoms with E-state index in [1.54, 1.807) is 27.8 Å². The van der Waals surface area contributed by atoms with E-state index in [0.29, 0.717) is 35.9 Å². The SMILES string of the molecule is C[C@@H](Cn1ccc(-c2ccc(C#N)c(Cl)c2)n1)n1nc(C(=O)N2CCN(C)CC2)cc1C(N)=O. The fourth-order valence-electron chi connectivity index (χ4n) is 3.92. The van der Waals surface area contributed by atoms with Gasteiger partial charge in [-0.05, 0) is 32.2 Å². The van der Waals surface area contributed by atoms with Crippen molar-refractivity contribution in [2.75, 3.05) is 33.2 Å². The van der Waals surface area contributed by atoms with E-state index in [1.165, 1.54) is 10.7 Å². The number of carbonyl (C=O) groups is 2. The van der Waals surface area contributed by atoms with E-state index >= 15 is 0 Å². The van der Waals surface area contributed by atoms with Gasteiger partial charge in [0.1, 0.15) is 11.8 Å². The first-order chi connectivity index (χ1) is 16.3. The quantitative estimate of drug-likeness (QED) is 0.575. The highest BCUT2D eigenvalue weighted by atomic mass is 35.5. The molecule has 0 spiro atoms. The van der Waals surface area contributed by atoms with Crippen LogP contribution >= 0.6 is 11.6 Å². The summed E-state index contributed by atoms with van der Waals surface area (Å²) in [4.78, 5) is 28.9. The van der Waals surface area contributed by atoms with Crippen LogP contribution in [0.25, 0.3) is 11.3 Å². The lowest BCUT2D eigenvalue weighted by atomic mass is 10.1. The van der Waals surface area contributed by atoms with Crippen LogP contribution in [-0.4, -0.2) is 74.4 Å². The van der Waals surface area contributed by atoms with E-state index < -0.39 is 5.91 Å². The molecular weight excluding hydrogens is 456 g/mol. The number of likely N-dealkylation sites (N-methyl/N-ethyl adjacent to an activating group) is 1. The second-order valence-electron chi connectivity index (χ2n) is 8.40. The number of aromatic nitrogens is 4. The van der Waals surface area contributed by atoms with E-state index in [-0.39, 0.29) is 23.3 Å². The minimum atomic E-state index is -0.648. The summed E-state index contributed by atoms with van der Waals surface area (Å²) in [7, 11) is 2.01. The third kappa shape index (κ3) is 4.81. The summed E-state index contributed by atoms with van der Waals surface area (Å²) in [5, 5.41) is 18.4. The number of halogens is 1. The first-order valence-corrected chi connectivity index (χ1v) is 11.2. The summed E-state index contributed by atoms with van der Waals surface area (Å²) in [5.74, 6) is -0.856. The van der Waals surface area contributed by atoms with Gasteiger partial charge in [-0.25, -0.2) is 0 Å². The molecule has 2 aromatic heterocycles. The van der Waals surface area contributed by atoms with Crippen LogP contribution in [0.4, 0.5) is 0 Å². The zero-order chi connectivity index (χ0) is 24.4. The number of nitrogens with zero attached hydrogens (tertiary/aromatic N) is 7. The van der Waals surface area contributed by atoms with Crippen LogP contribution in [0.5, 0.6) is 0 Å². The Labute approximate surface area is 202 Å². The number of rotatable bonds is 6. The predicted octanol–water partition coefficient (Wildman–Crippen LogP) is 2.02. The topological polar surface area (TPSA) is 126 Å². The molecule has 0 saturated carbocycles. The zero-order valence-electron chi connectivity index (χ0n) is 19.0. The molecule has 0 radical (unpaired) electrons. The van der Waals surface area contributed by atoms with E-state index in [4.69, 9.17) is 22.6 Å². The molecule has 2 N–H and O–H groups in total. The van der Waals surface area contributed by atoms with Crippen LogP contribution in [0.3, 0.4) is 0 Å². The Balaban J connectivity index is 1.52. The van der Waals surface area contributed by atoms with E-state index in [2.05, 4.69) is 15.1 Å². The molecule has 0 bridgehead atoms. The highest BCUT2D eigenvalue weighted by Crippen LogP contribution is 2.24. The highest BCUT2D eigenvalue weighted by Gasteiger charge is 2.26. The van der Waals surface area contributed by atoms with Crippen molar-refractivity contribution in [1.29, 1.82) is 5.26 Å². The molecule has 4 rings (SSSR count). The van der Waals surface area contributed by atoms with Gasteiger partial charge < -0.3 is 15.5 Å². The Morgan fingerprint density at radius 3 is 2.56 bits per heavy atom. The molecule has 1 aromatic carbocycles. The van der Waals surface area contributed by atoms with Gasteiger partial charge in [-0.15, -0.1) is 0 Å². The van der Waals surface area contributed by atoms with Crippen LogP contribution in [0.2, 0.25) is 5.02 Å². The fourth-order valence-corrected chi connectivity index (χ4v) is 4.14. The monoisotopic (exact) mass is 480 g/mol. The smallest absolute Gasteiger partial charge is 0.274 e. The largest absolute Gasteiger partial charge is 0.364 e. The van der Waals surface area contributed by atoms with E-state index in [0.717, 1.165) is 18.7 Å². The molecule has 1 fully saturated rings. The maximum absolute atomic E-state index is 12.9. The van der Waals surface area contributed by atoms with E-state index in [1.807, 2.05) is 32.3 Å².